The van der Waals surface area contributed by atoms with Gasteiger partial charge in [0.25, 0.3) is 0 Å². The summed E-state index contributed by atoms with van der Waals surface area (Å²) in [6, 6.07) is 0. The molecule has 2 unspecified atom stereocenters. The summed E-state index contributed by atoms with van der Waals surface area (Å²) < 4.78 is 5.58. The maximum atomic E-state index is 8.68. The Hall–Kier alpha value is -0.340. The van der Waals surface area contributed by atoms with E-state index in [1.54, 1.807) is 0 Å². The van der Waals surface area contributed by atoms with E-state index in [1.165, 1.54) is 5.57 Å². The van der Waals surface area contributed by atoms with Gasteiger partial charge in [0.2, 0.25) is 0 Å². The van der Waals surface area contributed by atoms with Crippen molar-refractivity contribution in [2.24, 2.45) is 5.92 Å². The Labute approximate surface area is 81.6 Å². The van der Waals surface area contributed by atoms with E-state index >= 15 is 0 Å². The van der Waals surface area contributed by atoms with E-state index in [0.717, 1.165) is 13.0 Å². The molecule has 0 heterocycles. The zero-order valence-electron chi connectivity index (χ0n) is 9.21. The summed E-state index contributed by atoms with van der Waals surface area (Å²) in [5.41, 5.74) is 1.28. The fraction of sp³-hybridized carbons (Fsp3) is 0.818. The molecule has 0 saturated carbocycles. The fourth-order valence-electron chi connectivity index (χ4n) is 1.14. The second-order valence-electron chi connectivity index (χ2n) is 3.90. The lowest BCUT2D eigenvalue weighted by atomic mass is 10.1. The number of rotatable bonds is 6. The maximum Gasteiger partial charge on any atom is 0.0730 e. The molecule has 0 aliphatic carbocycles. The van der Waals surface area contributed by atoms with Gasteiger partial charge < -0.3 is 9.84 Å². The average Bonchev–Trinajstić information content (AvgIpc) is 2.00. The molecule has 2 heteroatoms. The number of aliphatic hydroxyl groups excluding tert-OH is 1. The lowest BCUT2D eigenvalue weighted by Crippen LogP contribution is -2.13. The number of hydrogen-bond acceptors (Lipinski definition) is 2. The van der Waals surface area contributed by atoms with Gasteiger partial charge in [0.1, 0.15) is 0 Å². The predicted octanol–water partition coefficient (Wildman–Crippen LogP) is 2.38. The lowest BCUT2D eigenvalue weighted by Gasteiger charge is -2.14. The van der Waals surface area contributed by atoms with Gasteiger partial charge in [0.15, 0.2) is 0 Å². The van der Waals surface area contributed by atoms with E-state index in [9.17, 15) is 0 Å². The zero-order chi connectivity index (χ0) is 10.3. The van der Waals surface area contributed by atoms with Crippen LogP contribution in [0.25, 0.3) is 0 Å². The Morgan fingerprint density at radius 2 is 2.00 bits per heavy atom. The zero-order valence-corrected chi connectivity index (χ0v) is 9.21. The molecule has 2 atom stereocenters. The number of aliphatic hydroxyl groups is 1. The van der Waals surface area contributed by atoms with Gasteiger partial charge in [-0.3, -0.25) is 0 Å². The van der Waals surface area contributed by atoms with Crippen molar-refractivity contribution in [2.75, 3.05) is 13.2 Å². The summed E-state index contributed by atoms with van der Waals surface area (Å²) in [6.07, 6.45) is 3.11. The van der Waals surface area contributed by atoms with Crippen LogP contribution in [0.3, 0.4) is 0 Å². The van der Waals surface area contributed by atoms with Crippen molar-refractivity contribution >= 4 is 0 Å². The first-order chi connectivity index (χ1) is 6.06. The quantitative estimate of drug-likeness (QED) is 0.645. The first-order valence-corrected chi connectivity index (χ1v) is 4.93. The molecule has 0 saturated heterocycles. The summed E-state index contributed by atoms with van der Waals surface area (Å²) in [5, 5.41) is 8.68. The number of hydrogen-bond donors (Lipinski definition) is 1. The number of allylic oxidation sites excluding steroid dienone is 1. The van der Waals surface area contributed by atoms with Gasteiger partial charge in [-0.15, -0.1) is 0 Å². The van der Waals surface area contributed by atoms with Crippen molar-refractivity contribution in [1.29, 1.82) is 0 Å². The van der Waals surface area contributed by atoms with Crippen LogP contribution < -0.4 is 0 Å². The Kier molecular flexibility index (Phi) is 6.92. The van der Waals surface area contributed by atoms with E-state index in [1.807, 2.05) is 6.92 Å². The lowest BCUT2D eigenvalue weighted by molar-refractivity contribution is 0.0639. The molecule has 0 aromatic rings. The Morgan fingerprint density at radius 1 is 1.38 bits per heavy atom. The van der Waals surface area contributed by atoms with E-state index in [0.29, 0.717) is 5.92 Å². The molecule has 1 N–H and O–H groups in total. The van der Waals surface area contributed by atoms with Crippen LogP contribution in [0.1, 0.15) is 34.1 Å². The Bertz CT molecular complexity index is 148. The molecule has 78 valence electrons. The van der Waals surface area contributed by atoms with Crippen LogP contribution in [-0.2, 0) is 4.74 Å². The maximum absolute atomic E-state index is 8.68. The van der Waals surface area contributed by atoms with Crippen LogP contribution >= 0.6 is 0 Å². The summed E-state index contributed by atoms with van der Waals surface area (Å²) in [4.78, 5) is 0. The standard InChI is InChI=1S/C11H22O2/c1-9(2)7-11(4)13-8-10(3)5-6-12/h7,10-12H,5-6,8H2,1-4H3. The van der Waals surface area contributed by atoms with Gasteiger partial charge in [-0.1, -0.05) is 18.6 Å². The SMILES string of the molecule is CC(C)=CC(C)OCC(C)CCO. The van der Waals surface area contributed by atoms with Crippen LogP contribution in [0.5, 0.6) is 0 Å². The molecule has 0 bridgehead atoms. The third kappa shape index (κ3) is 8.00. The van der Waals surface area contributed by atoms with Crippen LogP contribution in [0.2, 0.25) is 0 Å². The van der Waals surface area contributed by atoms with Crippen LogP contribution in [-0.4, -0.2) is 24.4 Å². The summed E-state index contributed by atoms with van der Waals surface area (Å²) in [6.45, 7) is 9.24. The van der Waals surface area contributed by atoms with E-state index < -0.39 is 0 Å². The molecule has 2 nitrogen and oxygen atoms in total. The van der Waals surface area contributed by atoms with Gasteiger partial charge in [-0.2, -0.15) is 0 Å². The minimum absolute atomic E-state index is 0.186. The van der Waals surface area contributed by atoms with E-state index in [-0.39, 0.29) is 12.7 Å². The van der Waals surface area contributed by atoms with Crippen molar-refractivity contribution in [1.82, 2.24) is 0 Å². The first kappa shape index (κ1) is 12.7. The third-order valence-electron chi connectivity index (χ3n) is 1.83. The highest BCUT2D eigenvalue weighted by Crippen LogP contribution is 2.05. The third-order valence-corrected chi connectivity index (χ3v) is 1.83. The van der Waals surface area contributed by atoms with Gasteiger partial charge in [0, 0.05) is 13.2 Å². The molecular formula is C11H22O2. The van der Waals surface area contributed by atoms with E-state index in [2.05, 4.69) is 26.8 Å². The monoisotopic (exact) mass is 186 g/mol. The van der Waals surface area contributed by atoms with Gasteiger partial charge in [-0.05, 0) is 33.1 Å². The van der Waals surface area contributed by atoms with Crippen LogP contribution in [0.15, 0.2) is 11.6 Å². The van der Waals surface area contributed by atoms with Crippen molar-refractivity contribution in [3.05, 3.63) is 11.6 Å². The predicted molar refractivity (Wildman–Crippen MR) is 55.7 cm³/mol. The molecule has 0 fully saturated rings. The Balaban J connectivity index is 3.57. The molecule has 0 spiro atoms. The van der Waals surface area contributed by atoms with E-state index in [4.69, 9.17) is 9.84 Å². The van der Waals surface area contributed by atoms with Gasteiger partial charge >= 0.3 is 0 Å². The highest BCUT2D eigenvalue weighted by Gasteiger charge is 2.03. The molecule has 0 radical (unpaired) electrons. The first-order valence-electron chi connectivity index (χ1n) is 4.93. The molecule has 0 aromatic carbocycles. The minimum Gasteiger partial charge on any atom is -0.396 e. The summed E-state index contributed by atoms with van der Waals surface area (Å²) in [7, 11) is 0. The summed E-state index contributed by atoms with van der Waals surface area (Å²) in [5.74, 6) is 0.443. The molecule has 0 rings (SSSR count). The van der Waals surface area contributed by atoms with Gasteiger partial charge in [0.05, 0.1) is 6.10 Å². The molecule has 13 heavy (non-hydrogen) atoms. The van der Waals surface area contributed by atoms with Crippen LogP contribution in [0.4, 0.5) is 0 Å². The second-order valence-corrected chi connectivity index (χ2v) is 3.90. The minimum atomic E-state index is 0.186. The normalized spacial score (nSPS) is 15.2. The van der Waals surface area contributed by atoms with Crippen molar-refractivity contribution < 1.29 is 9.84 Å². The summed E-state index contributed by atoms with van der Waals surface area (Å²) >= 11 is 0. The smallest absolute Gasteiger partial charge is 0.0730 e. The molecule has 0 aromatic heterocycles. The highest BCUT2D eigenvalue weighted by atomic mass is 16.5. The van der Waals surface area contributed by atoms with Crippen molar-refractivity contribution in [2.45, 2.75) is 40.2 Å². The van der Waals surface area contributed by atoms with Crippen molar-refractivity contribution in [3.8, 4) is 0 Å². The molecule has 0 aliphatic rings. The van der Waals surface area contributed by atoms with Crippen LogP contribution in [0, 0.1) is 5.92 Å². The molecular weight excluding hydrogens is 164 g/mol. The van der Waals surface area contributed by atoms with Crippen molar-refractivity contribution in [3.63, 3.8) is 0 Å². The largest absolute Gasteiger partial charge is 0.396 e. The topological polar surface area (TPSA) is 29.5 Å². The number of ether oxygens (including phenoxy) is 1. The molecule has 0 amide bonds. The van der Waals surface area contributed by atoms with Gasteiger partial charge in [-0.25, -0.2) is 0 Å². The average molecular weight is 186 g/mol. The Morgan fingerprint density at radius 3 is 2.46 bits per heavy atom. The highest BCUT2D eigenvalue weighted by molar-refractivity contribution is 4.96. The second kappa shape index (κ2) is 7.10. The molecule has 0 aliphatic heterocycles. The fourth-order valence-corrected chi connectivity index (χ4v) is 1.14.